The monoisotopic (exact) mass is 278 g/mol. The van der Waals surface area contributed by atoms with E-state index in [-0.39, 0.29) is 24.7 Å². The first-order valence-electron chi connectivity index (χ1n) is 6.84. The smallest absolute Gasteiger partial charge is 0.317 e. The van der Waals surface area contributed by atoms with Crippen LogP contribution in [-0.2, 0) is 9.53 Å². The summed E-state index contributed by atoms with van der Waals surface area (Å²) in [7, 11) is 0. The minimum Gasteiger partial charge on any atom is -0.489 e. The highest BCUT2D eigenvalue weighted by Crippen LogP contribution is 2.29. The number of morpholine rings is 1. The fraction of sp³-hybridized carbons (Fsp3) is 0.571. The SMILES string of the molecule is O=C(O)CN1[C@H]2COC[C@H]1CC(Oc1cccnc1)C2. The van der Waals surface area contributed by atoms with Crippen LogP contribution in [0.2, 0.25) is 0 Å². The Kier molecular flexibility index (Phi) is 3.84. The van der Waals surface area contributed by atoms with Crippen LogP contribution in [0.5, 0.6) is 5.75 Å². The normalized spacial score (nSPS) is 29.9. The van der Waals surface area contributed by atoms with E-state index in [0.717, 1.165) is 18.6 Å². The average molecular weight is 278 g/mol. The topological polar surface area (TPSA) is 71.9 Å². The zero-order valence-electron chi connectivity index (χ0n) is 11.1. The first kappa shape index (κ1) is 13.3. The molecule has 0 spiro atoms. The molecule has 0 saturated carbocycles. The molecule has 20 heavy (non-hydrogen) atoms. The minimum atomic E-state index is -0.784. The molecule has 0 unspecified atom stereocenters. The van der Waals surface area contributed by atoms with Gasteiger partial charge in [0.05, 0.1) is 26.0 Å². The quantitative estimate of drug-likeness (QED) is 0.877. The van der Waals surface area contributed by atoms with Gasteiger partial charge in [-0.2, -0.15) is 0 Å². The predicted octanol–water partition coefficient (Wildman–Crippen LogP) is 0.777. The van der Waals surface area contributed by atoms with Crippen molar-refractivity contribution in [2.45, 2.75) is 31.0 Å². The molecule has 2 saturated heterocycles. The molecule has 0 aromatic carbocycles. The van der Waals surface area contributed by atoms with Gasteiger partial charge in [0.15, 0.2) is 0 Å². The molecule has 0 aliphatic carbocycles. The van der Waals surface area contributed by atoms with Crippen molar-refractivity contribution in [1.29, 1.82) is 0 Å². The van der Waals surface area contributed by atoms with Crippen LogP contribution in [0.25, 0.3) is 0 Å². The number of fused-ring (bicyclic) bond motifs is 2. The highest BCUT2D eigenvalue weighted by Gasteiger charge is 2.40. The van der Waals surface area contributed by atoms with E-state index in [9.17, 15) is 4.79 Å². The van der Waals surface area contributed by atoms with Crippen molar-refractivity contribution in [1.82, 2.24) is 9.88 Å². The van der Waals surface area contributed by atoms with Crippen molar-refractivity contribution < 1.29 is 19.4 Å². The van der Waals surface area contributed by atoms with E-state index in [2.05, 4.69) is 4.98 Å². The highest BCUT2D eigenvalue weighted by atomic mass is 16.5. The summed E-state index contributed by atoms with van der Waals surface area (Å²) in [5.74, 6) is -0.0169. The number of carboxylic acid groups (broad SMARTS) is 1. The lowest BCUT2D eigenvalue weighted by Crippen LogP contribution is -2.60. The Bertz CT molecular complexity index is 454. The number of hydrogen-bond donors (Lipinski definition) is 1. The Balaban J connectivity index is 1.66. The summed E-state index contributed by atoms with van der Waals surface area (Å²) in [6.07, 6.45) is 5.10. The fourth-order valence-corrected chi connectivity index (χ4v) is 3.06. The van der Waals surface area contributed by atoms with E-state index >= 15 is 0 Å². The Morgan fingerprint density at radius 1 is 1.45 bits per heavy atom. The summed E-state index contributed by atoms with van der Waals surface area (Å²) in [6, 6.07) is 3.99. The third-order valence-electron chi connectivity index (χ3n) is 3.88. The molecule has 6 nitrogen and oxygen atoms in total. The van der Waals surface area contributed by atoms with Crippen LogP contribution in [0.4, 0.5) is 0 Å². The number of rotatable bonds is 4. The van der Waals surface area contributed by atoms with Crippen LogP contribution in [0.3, 0.4) is 0 Å². The Hall–Kier alpha value is -1.66. The number of carbonyl (C=O) groups is 1. The number of hydrogen-bond acceptors (Lipinski definition) is 5. The Morgan fingerprint density at radius 3 is 2.80 bits per heavy atom. The first-order chi connectivity index (χ1) is 9.72. The van der Waals surface area contributed by atoms with Gasteiger partial charge in [-0.3, -0.25) is 14.7 Å². The van der Waals surface area contributed by atoms with Gasteiger partial charge >= 0.3 is 5.97 Å². The zero-order chi connectivity index (χ0) is 13.9. The Morgan fingerprint density at radius 2 is 2.20 bits per heavy atom. The maximum absolute atomic E-state index is 10.9. The van der Waals surface area contributed by atoms with Crippen molar-refractivity contribution >= 4 is 5.97 Å². The number of ether oxygens (including phenoxy) is 2. The number of pyridine rings is 1. The third kappa shape index (κ3) is 2.91. The molecule has 2 aliphatic heterocycles. The van der Waals surface area contributed by atoms with Gasteiger partial charge in [0, 0.05) is 31.1 Å². The lowest BCUT2D eigenvalue weighted by atomic mass is 9.92. The van der Waals surface area contributed by atoms with Crippen molar-refractivity contribution in [3.8, 4) is 5.75 Å². The molecule has 1 N–H and O–H groups in total. The van der Waals surface area contributed by atoms with Crippen LogP contribution in [0.1, 0.15) is 12.8 Å². The predicted molar refractivity (Wildman–Crippen MR) is 70.6 cm³/mol. The van der Waals surface area contributed by atoms with Gasteiger partial charge in [0.1, 0.15) is 11.9 Å². The van der Waals surface area contributed by atoms with E-state index in [1.807, 2.05) is 17.0 Å². The summed E-state index contributed by atoms with van der Waals surface area (Å²) in [5, 5.41) is 9.00. The molecule has 0 amide bonds. The second-order valence-electron chi connectivity index (χ2n) is 5.31. The molecule has 2 aliphatic rings. The van der Waals surface area contributed by atoms with Gasteiger partial charge in [-0.1, -0.05) is 0 Å². The van der Waals surface area contributed by atoms with Crippen molar-refractivity contribution in [2.75, 3.05) is 19.8 Å². The summed E-state index contributed by atoms with van der Waals surface area (Å²) in [5.41, 5.74) is 0. The molecule has 6 heteroatoms. The maximum atomic E-state index is 10.9. The molecule has 1 aromatic rings. The largest absolute Gasteiger partial charge is 0.489 e. The number of carboxylic acids is 1. The lowest BCUT2D eigenvalue weighted by Gasteiger charge is -2.47. The van der Waals surface area contributed by atoms with E-state index in [4.69, 9.17) is 14.6 Å². The van der Waals surface area contributed by atoms with Gasteiger partial charge in [-0.25, -0.2) is 0 Å². The molecular weight excluding hydrogens is 260 g/mol. The van der Waals surface area contributed by atoms with E-state index < -0.39 is 5.97 Å². The average Bonchev–Trinajstić information content (AvgIpc) is 2.40. The zero-order valence-corrected chi connectivity index (χ0v) is 11.1. The van der Waals surface area contributed by atoms with Crippen LogP contribution in [-0.4, -0.2) is 58.9 Å². The van der Waals surface area contributed by atoms with Gasteiger partial charge in [-0.15, -0.1) is 0 Å². The van der Waals surface area contributed by atoms with E-state index in [1.54, 1.807) is 12.4 Å². The van der Waals surface area contributed by atoms with Gasteiger partial charge < -0.3 is 14.6 Å². The number of aromatic nitrogens is 1. The number of aliphatic carboxylic acids is 1. The van der Waals surface area contributed by atoms with E-state index in [1.165, 1.54) is 0 Å². The van der Waals surface area contributed by atoms with Gasteiger partial charge in [0.25, 0.3) is 0 Å². The second-order valence-corrected chi connectivity index (χ2v) is 5.31. The molecule has 0 radical (unpaired) electrons. The molecule has 3 heterocycles. The van der Waals surface area contributed by atoms with Crippen LogP contribution in [0.15, 0.2) is 24.5 Å². The van der Waals surface area contributed by atoms with Crippen LogP contribution >= 0.6 is 0 Å². The number of nitrogens with zero attached hydrogens (tertiary/aromatic N) is 2. The molecular formula is C14H18N2O4. The Labute approximate surface area is 117 Å². The molecule has 2 bridgehead atoms. The van der Waals surface area contributed by atoms with Crippen LogP contribution < -0.4 is 4.74 Å². The van der Waals surface area contributed by atoms with Crippen LogP contribution in [0, 0.1) is 0 Å². The summed E-state index contributed by atoms with van der Waals surface area (Å²) >= 11 is 0. The van der Waals surface area contributed by atoms with Gasteiger partial charge in [0.2, 0.25) is 0 Å². The first-order valence-corrected chi connectivity index (χ1v) is 6.84. The standard InChI is InChI=1S/C14H18N2O4/c17-14(18)7-16-10-4-13(5-11(16)9-19-8-10)20-12-2-1-3-15-6-12/h1-3,6,10-11,13H,4-5,7-9H2,(H,17,18)/t10-,11-/m1/s1. The highest BCUT2D eigenvalue weighted by molar-refractivity contribution is 5.69. The second kappa shape index (κ2) is 5.76. The molecule has 2 atom stereocenters. The molecule has 108 valence electrons. The third-order valence-corrected chi connectivity index (χ3v) is 3.88. The fourth-order valence-electron chi connectivity index (χ4n) is 3.06. The minimum absolute atomic E-state index is 0.0817. The van der Waals surface area contributed by atoms with E-state index in [0.29, 0.717) is 13.2 Å². The molecule has 2 fully saturated rings. The molecule has 3 rings (SSSR count). The maximum Gasteiger partial charge on any atom is 0.317 e. The van der Waals surface area contributed by atoms with Crippen molar-refractivity contribution in [3.05, 3.63) is 24.5 Å². The summed E-state index contributed by atoms with van der Waals surface area (Å²) in [6.45, 7) is 1.24. The summed E-state index contributed by atoms with van der Waals surface area (Å²) < 4.78 is 11.5. The summed E-state index contributed by atoms with van der Waals surface area (Å²) in [4.78, 5) is 17.0. The number of piperidine rings is 1. The van der Waals surface area contributed by atoms with Crippen molar-refractivity contribution in [2.24, 2.45) is 0 Å². The van der Waals surface area contributed by atoms with Crippen molar-refractivity contribution in [3.63, 3.8) is 0 Å². The van der Waals surface area contributed by atoms with Gasteiger partial charge in [-0.05, 0) is 12.1 Å². The molecule has 1 aromatic heterocycles. The lowest BCUT2D eigenvalue weighted by molar-refractivity contribution is -0.148.